The molecule has 0 aliphatic rings. The van der Waals surface area contributed by atoms with Crippen LogP contribution in [-0.2, 0) is 0 Å². The van der Waals surface area contributed by atoms with Gasteiger partial charge in [-0.25, -0.2) is 0 Å². The van der Waals surface area contributed by atoms with Crippen LogP contribution in [0.4, 0.5) is 0 Å². The summed E-state index contributed by atoms with van der Waals surface area (Å²) in [5, 5.41) is 17.3. The van der Waals surface area contributed by atoms with Crippen molar-refractivity contribution in [3.8, 4) is 17.4 Å². The third-order valence-corrected chi connectivity index (χ3v) is 2.63. The zero-order chi connectivity index (χ0) is 17.1. The Kier molecular flexibility index (Phi) is 10.1. The molecule has 3 rings (SSSR count). The Morgan fingerprint density at radius 1 is 0.875 bits per heavy atom. The van der Waals surface area contributed by atoms with Crippen LogP contribution in [0.15, 0.2) is 60.7 Å². The molecule has 0 bridgehead atoms. The van der Waals surface area contributed by atoms with E-state index in [1.54, 1.807) is 9.59 Å². The molecule has 0 N–H and O–H groups in total. The number of rotatable bonds is 2. The van der Waals surface area contributed by atoms with E-state index >= 15 is 0 Å². The maximum absolute atomic E-state index is 8.97. The van der Waals surface area contributed by atoms with Crippen molar-refractivity contribution in [1.82, 2.24) is 15.0 Å². The fraction of sp³-hybridized carbons (Fsp3) is 0.211. The Hall–Kier alpha value is -3.00. The number of hydrogen-bond acceptors (Lipinski definition) is 3. The highest BCUT2D eigenvalue weighted by Crippen LogP contribution is 2.04. The topological polar surface area (TPSA) is 58.4 Å². The van der Waals surface area contributed by atoms with Crippen LogP contribution in [-0.4, -0.2) is 15.0 Å². The van der Waals surface area contributed by atoms with Crippen LogP contribution >= 0.6 is 0 Å². The molecule has 0 aliphatic heterocycles. The lowest BCUT2D eigenvalue weighted by Gasteiger charge is -1.98. The summed E-state index contributed by atoms with van der Waals surface area (Å²) >= 11 is 0. The molecule has 126 valence electrons. The van der Waals surface area contributed by atoms with Crippen LogP contribution in [0.25, 0.3) is 11.4 Å². The number of tetrazole rings is 1. The van der Waals surface area contributed by atoms with Crippen molar-refractivity contribution in [2.45, 2.75) is 27.7 Å². The number of nitrogens with zero attached hydrogens (tertiary/aromatic N) is 5. The monoisotopic (exact) mass is 323 g/mol. The van der Waals surface area contributed by atoms with Gasteiger partial charge in [0.25, 0.3) is 0 Å². The molecule has 0 unspecified atom stereocenters. The van der Waals surface area contributed by atoms with E-state index in [1.807, 2.05) is 94.4 Å². The molecule has 0 aliphatic carbocycles. The van der Waals surface area contributed by atoms with Crippen molar-refractivity contribution in [3.63, 3.8) is 0 Å². The second kappa shape index (κ2) is 11.6. The van der Waals surface area contributed by atoms with Gasteiger partial charge in [0, 0.05) is 9.90 Å². The molecule has 0 fully saturated rings. The SMILES string of the molecule is CC.CC.N#Cc1nn(-c2ccccc2)[n+](-c2ccccc2)n1.[CH3-]. The predicted octanol–water partition coefficient (Wildman–Crippen LogP) is 3.92. The molecule has 3 aromatic rings. The summed E-state index contributed by atoms with van der Waals surface area (Å²) in [6, 6.07) is 21.1. The highest BCUT2D eigenvalue weighted by atomic mass is 15.7. The van der Waals surface area contributed by atoms with Crippen molar-refractivity contribution in [2.24, 2.45) is 0 Å². The van der Waals surface area contributed by atoms with E-state index in [1.165, 1.54) is 0 Å². The van der Waals surface area contributed by atoms with E-state index in [9.17, 15) is 0 Å². The van der Waals surface area contributed by atoms with Gasteiger partial charge in [-0.2, -0.15) is 5.26 Å². The van der Waals surface area contributed by atoms with Crippen LogP contribution < -0.4 is 4.80 Å². The highest BCUT2D eigenvalue weighted by molar-refractivity contribution is 5.28. The summed E-state index contributed by atoms with van der Waals surface area (Å²) in [5.74, 6) is 0.132. The summed E-state index contributed by atoms with van der Waals surface area (Å²) in [6.45, 7) is 8.00. The smallest absolute Gasteiger partial charge is 0.358 e. The molecular weight excluding hydrogens is 298 g/mol. The molecule has 0 saturated heterocycles. The maximum atomic E-state index is 8.97. The van der Waals surface area contributed by atoms with Crippen LogP contribution in [0.3, 0.4) is 0 Å². The van der Waals surface area contributed by atoms with Crippen LogP contribution in [0.2, 0.25) is 0 Å². The molecule has 1 aromatic heterocycles. The first-order chi connectivity index (χ1) is 11.4. The molecule has 0 amide bonds. The van der Waals surface area contributed by atoms with Gasteiger partial charge in [-0.3, -0.25) is 0 Å². The summed E-state index contributed by atoms with van der Waals surface area (Å²) in [7, 11) is 0. The zero-order valence-electron chi connectivity index (χ0n) is 15.0. The van der Waals surface area contributed by atoms with Gasteiger partial charge in [0.05, 0.1) is 5.10 Å². The quantitative estimate of drug-likeness (QED) is 0.530. The Balaban J connectivity index is 0.000000987. The average molecular weight is 323 g/mol. The van der Waals surface area contributed by atoms with Crippen LogP contribution in [0, 0.1) is 18.8 Å². The van der Waals surface area contributed by atoms with Gasteiger partial charge in [0.15, 0.2) is 11.8 Å². The first-order valence-corrected chi connectivity index (χ1v) is 7.79. The van der Waals surface area contributed by atoms with Gasteiger partial charge in [0.1, 0.15) is 5.69 Å². The van der Waals surface area contributed by atoms with E-state index < -0.39 is 0 Å². The third-order valence-electron chi connectivity index (χ3n) is 2.63. The second-order valence-corrected chi connectivity index (χ2v) is 3.89. The molecule has 0 radical (unpaired) electrons. The summed E-state index contributed by atoms with van der Waals surface area (Å²) in [4.78, 5) is 3.21. The minimum Gasteiger partial charge on any atom is -0.358 e. The van der Waals surface area contributed by atoms with Crippen molar-refractivity contribution in [3.05, 3.63) is 73.9 Å². The van der Waals surface area contributed by atoms with Crippen molar-refractivity contribution in [1.29, 1.82) is 5.26 Å². The lowest BCUT2D eigenvalue weighted by atomic mass is 10.3. The normalized spacial score (nSPS) is 8.46. The van der Waals surface area contributed by atoms with Gasteiger partial charge in [0.2, 0.25) is 0 Å². The third kappa shape index (κ3) is 5.03. The average Bonchev–Trinajstić information content (AvgIpc) is 3.11. The van der Waals surface area contributed by atoms with Gasteiger partial charge >= 0.3 is 5.82 Å². The van der Waals surface area contributed by atoms with Crippen LogP contribution in [0.1, 0.15) is 33.5 Å². The number of benzene rings is 2. The van der Waals surface area contributed by atoms with E-state index in [0.717, 1.165) is 11.4 Å². The summed E-state index contributed by atoms with van der Waals surface area (Å²) in [6.07, 6.45) is 0. The van der Waals surface area contributed by atoms with E-state index in [4.69, 9.17) is 5.26 Å². The predicted molar refractivity (Wildman–Crippen MR) is 96.7 cm³/mol. The lowest BCUT2D eigenvalue weighted by molar-refractivity contribution is -0.735. The molecule has 5 nitrogen and oxygen atoms in total. The fourth-order valence-electron chi connectivity index (χ4n) is 1.79. The molecule has 0 atom stereocenters. The minimum absolute atomic E-state index is 0. The fourth-order valence-corrected chi connectivity index (χ4v) is 1.79. The van der Waals surface area contributed by atoms with Gasteiger partial charge in [-0.05, 0) is 29.1 Å². The Labute approximate surface area is 144 Å². The van der Waals surface area contributed by atoms with Gasteiger partial charge in [-0.1, -0.05) is 64.1 Å². The molecule has 0 spiro atoms. The van der Waals surface area contributed by atoms with Gasteiger partial charge < -0.3 is 7.43 Å². The summed E-state index contributed by atoms with van der Waals surface area (Å²) < 4.78 is 0. The number of aromatic nitrogens is 4. The Morgan fingerprint density at radius 3 is 1.88 bits per heavy atom. The molecular formula is C19H25N5. The number of hydrogen-bond donors (Lipinski definition) is 0. The van der Waals surface area contributed by atoms with E-state index in [-0.39, 0.29) is 13.3 Å². The first-order valence-electron chi connectivity index (χ1n) is 7.79. The number of nitriles is 1. The van der Waals surface area contributed by atoms with Crippen molar-refractivity contribution in [2.75, 3.05) is 0 Å². The Bertz CT molecular complexity index is 670. The molecule has 1 heterocycles. The highest BCUT2D eigenvalue weighted by Gasteiger charge is 2.21. The van der Waals surface area contributed by atoms with Crippen molar-refractivity contribution < 1.29 is 4.80 Å². The molecule has 24 heavy (non-hydrogen) atoms. The van der Waals surface area contributed by atoms with Gasteiger partial charge in [-0.15, -0.1) is 0 Å². The van der Waals surface area contributed by atoms with Crippen molar-refractivity contribution >= 4 is 0 Å². The maximum Gasteiger partial charge on any atom is 0.409 e. The molecule has 2 aromatic carbocycles. The minimum atomic E-state index is 0. The largest absolute Gasteiger partial charge is 0.409 e. The lowest BCUT2D eigenvalue weighted by Crippen LogP contribution is -2.43. The second-order valence-electron chi connectivity index (χ2n) is 3.89. The van der Waals surface area contributed by atoms with E-state index in [0.29, 0.717) is 0 Å². The van der Waals surface area contributed by atoms with E-state index in [2.05, 4.69) is 10.2 Å². The number of para-hydroxylation sites is 2. The zero-order valence-corrected chi connectivity index (χ0v) is 15.0. The molecule has 5 heteroatoms. The van der Waals surface area contributed by atoms with Crippen LogP contribution in [0.5, 0.6) is 0 Å². The first kappa shape index (κ1) is 21.0. The Morgan fingerprint density at radius 2 is 1.38 bits per heavy atom. The molecule has 0 saturated carbocycles. The summed E-state index contributed by atoms with van der Waals surface area (Å²) in [5.41, 5.74) is 1.70. The standard InChI is InChI=1S/C14H10N5.2C2H6.CH3/c15-11-14-16-18(12-7-3-1-4-8-12)19(17-14)13-9-5-2-6-10-13;2*1-2;/h1-10H;2*1-2H3;1H3/q+1;;;-1.